The number of hydrogen-bond donors (Lipinski definition) is 0. The van der Waals surface area contributed by atoms with Crippen molar-refractivity contribution in [1.29, 1.82) is 0 Å². The fourth-order valence-electron chi connectivity index (χ4n) is 1.88. The SMILES string of the molecule is CC(C)Cc1ccc(-c2cc[c]cc2)cc1. The molecule has 0 N–H and O–H groups in total. The molecule has 0 bridgehead atoms. The fraction of sp³-hybridized carbons (Fsp3) is 0.250. The molecule has 0 unspecified atom stereocenters. The average molecular weight is 209 g/mol. The second kappa shape index (κ2) is 4.98. The van der Waals surface area contributed by atoms with E-state index in [9.17, 15) is 0 Å². The van der Waals surface area contributed by atoms with Gasteiger partial charge in [-0.1, -0.05) is 62.4 Å². The lowest BCUT2D eigenvalue weighted by molar-refractivity contribution is 0.647. The normalized spacial score (nSPS) is 10.7. The predicted octanol–water partition coefficient (Wildman–Crippen LogP) is 4.35. The summed E-state index contributed by atoms with van der Waals surface area (Å²) < 4.78 is 0. The summed E-state index contributed by atoms with van der Waals surface area (Å²) in [4.78, 5) is 0. The molecule has 81 valence electrons. The largest absolute Gasteiger partial charge is 0.0625 e. The van der Waals surface area contributed by atoms with Crippen LogP contribution >= 0.6 is 0 Å². The molecule has 0 nitrogen and oxygen atoms in total. The van der Waals surface area contributed by atoms with E-state index in [4.69, 9.17) is 0 Å². The molecule has 0 aromatic heterocycles. The molecule has 1 radical (unpaired) electrons. The Morgan fingerprint density at radius 1 is 0.875 bits per heavy atom. The summed E-state index contributed by atoms with van der Waals surface area (Å²) in [7, 11) is 0. The van der Waals surface area contributed by atoms with E-state index in [1.807, 2.05) is 12.1 Å². The van der Waals surface area contributed by atoms with Crippen LogP contribution in [0.5, 0.6) is 0 Å². The fourth-order valence-corrected chi connectivity index (χ4v) is 1.88. The molecule has 0 heterocycles. The Labute approximate surface area is 97.9 Å². The first-order valence-electron chi connectivity index (χ1n) is 5.81. The predicted molar refractivity (Wildman–Crippen MR) is 69.3 cm³/mol. The number of hydrogen-bond acceptors (Lipinski definition) is 0. The van der Waals surface area contributed by atoms with Gasteiger partial charge in [-0.2, -0.15) is 0 Å². The average Bonchev–Trinajstić information content (AvgIpc) is 2.30. The molecule has 2 aromatic carbocycles. The highest BCUT2D eigenvalue weighted by Crippen LogP contribution is 2.20. The summed E-state index contributed by atoms with van der Waals surface area (Å²) in [5.74, 6) is 0.720. The van der Waals surface area contributed by atoms with Crippen molar-refractivity contribution in [2.75, 3.05) is 0 Å². The summed E-state index contributed by atoms with van der Waals surface area (Å²) >= 11 is 0. The molecule has 0 aliphatic rings. The van der Waals surface area contributed by atoms with Crippen molar-refractivity contribution in [3.63, 3.8) is 0 Å². The molecule has 0 aliphatic carbocycles. The zero-order chi connectivity index (χ0) is 11.4. The lowest BCUT2D eigenvalue weighted by Crippen LogP contribution is -1.93. The van der Waals surface area contributed by atoms with Gasteiger partial charge in [0.25, 0.3) is 0 Å². The standard InChI is InChI=1S/C16H17/c1-13(2)12-14-8-10-16(11-9-14)15-6-4-3-5-7-15/h4-11,13H,12H2,1-2H3. The second-order valence-electron chi connectivity index (χ2n) is 4.58. The van der Waals surface area contributed by atoms with Crippen molar-refractivity contribution in [2.45, 2.75) is 20.3 Å². The Bertz CT molecular complexity index is 423. The minimum atomic E-state index is 0.720. The van der Waals surface area contributed by atoms with Crippen LogP contribution in [0.2, 0.25) is 0 Å². The molecule has 0 aliphatic heterocycles. The van der Waals surface area contributed by atoms with E-state index in [-0.39, 0.29) is 0 Å². The van der Waals surface area contributed by atoms with Crippen molar-refractivity contribution < 1.29 is 0 Å². The molecule has 16 heavy (non-hydrogen) atoms. The molecule has 2 aromatic rings. The van der Waals surface area contributed by atoms with Gasteiger partial charge in [0.2, 0.25) is 0 Å². The highest BCUT2D eigenvalue weighted by atomic mass is 14.0. The van der Waals surface area contributed by atoms with Crippen molar-refractivity contribution in [1.82, 2.24) is 0 Å². The van der Waals surface area contributed by atoms with Gasteiger partial charge in [-0.15, -0.1) is 0 Å². The maximum atomic E-state index is 3.04. The van der Waals surface area contributed by atoms with E-state index < -0.39 is 0 Å². The maximum Gasteiger partial charge on any atom is -0.0184 e. The van der Waals surface area contributed by atoms with Crippen LogP contribution in [0.25, 0.3) is 11.1 Å². The van der Waals surface area contributed by atoms with E-state index >= 15 is 0 Å². The Balaban J connectivity index is 2.20. The number of rotatable bonds is 3. The van der Waals surface area contributed by atoms with Crippen LogP contribution in [0, 0.1) is 12.0 Å². The van der Waals surface area contributed by atoms with Crippen LogP contribution in [-0.2, 0) is 6.42 Å². The van der Waals surface area contributed by atoms with Crippen molar-refractivity contribution >= 4 is 0 Å². The van der Waals surface area contributed by atoms with Crippen LogP contribution in [0.15, 0.2) is 48.5 Å². The van der Waals surface area contributed by atoms with Crippen LogP contribution < -0.4 is 0 Å². The van der Waals surface area contributed by atoms with Crippen LogP contribution in [0.3, 0.4) is 0 Å². The lowest BCUT2D eigenvalue weighted by atomic mass is 9.99. The summed E-state index contributed by atoms with van der Waals surface area (Å²) in [5, 5.41) is 0. The van der Waals surface area contributed by atoms with Gasteiger partial charge in [-0.3, -0.25) is 0 Å². The minimum absolute atomic E-state index is 0.720. The molecule has 0 saturated carbocycles. The first-order valence-corrected chi connectivity index (χ1v) is 5.81. The second-order valence-corrected chi connectivity index (χ2v) is 4.58. The van der Waals surface area contributed by atoms with Gasteiger partial charge in [-0.05, 0) is 35.1 Å². The third-order valence-electron chi connectivity index (χ3n) is 2.65. The van der Waals surface area contributed by atoms with Gasteiger partial charge < -0.3 is 0 Å². The maximum absolute atomic E-state index is 3.04. The van der Waals surface area contributed by atoms with Crippen molar-refractivity contribution in [3.05, 3.63) is 60.2 Å². The van der Waals surface area contributed by atoms with E-state index in [1.54, 1.807) is 0 Å². The van der Waals surface area contributed by atoms with Gasteiger partial charge in [0, 0.05) is 0 Å². The smallest absolute Gasteiger partial charge is 0.0184 e. The minimum Gasteiger partial charge on any atom is -0.0625 e. The topological polar surface area (TPSA) is 0 Å². The first kappa shape index (κ1) is 10.9. The molecule has 0 fully saturated rings. The van der Waals surface area contributed by atoms with Gasteiger partial charge in [0.15, 0.2) is 0 Å². The van der Waals surface area contributed by atoms with Gasteiger partial charge >= 0.3 is 0 Å². The molecule has 2 rings (SSSR count). The highest BCUT2D eigenvalue weighted by Gasteiger charge is 1.99. The summed E-state index contributed by atoms with van der Waals surface area (Å²) in [6, 6.07) is 20.0. The first-order chi connectivity index (χ1) is 7.75. The molecule has 0 atom stereocenters. The van der Waals surface area contributed by atoms with E-state index in [1.165, 1.54) is 16.7 Å². The summed E-state index contributed by atoms with van der Waals surface area (Å²) in [6.07, 6.45) is 1.16. The summed E-state index contributed by atoms with van der Waals surface area (Å²) in [6.45, 7) is 4.50. The van der Waals surface area contributed by atoms with E-state index in [0.29, 0.717) is 0 Å². The Morgan fingerprint density at radius 3 is 2.00 bits per heavy atom. The van der Waals surface area contributed by atoms with Crippen molar-refractivity contribution in [3.8, 4) is 11.1 Å². The monoisotopic (exact) mass is 209 g/mol. The van der Waals surface area contributed by atoms with Crippen LogP contribution in [0.4, 0.5) is 0 Å². The van der Waals surface area contributed by atoms with Gasteiger partial charge in [0.1, 0.15) is 0 Å². The summed E-state index contributed by atoms with van der Waals surface area (Å²) in [5.41, 5.74) is 3.96. The number of benzene rings is 2. The van der Waals surface area contributed by atoms with Crippen molar-refractivity contribution in [2.24, 2.45) is 5.92 Å². The zero-order valence-corrected chi connectivity index (χ0v) is 9.90. The van der Waals surface area contributed by atoms with Crippen LogP contribution in [-0.4, -0.2) is 0 Å². The van der Waals surface area contributed by atoms with E-state index in [2.05, 4.69) is 56.3 Å². The molecule has 0 amide bonds. The third-order valence-corrected chi connectivity index (χ3v) is 2.65. The molecule has 0 spiro atoms. The van der Waals surface area contributed by atoms with Crippen LogP contribution in [0.1, 0.15) is 19.4 Å². The van der Waals surface area contributed by atoms with E-state index in [0.717, 1.165) is 12.3 Å². The lowest BCUT2D eigenvalue weighted by Gasteiger charge is -2.06. The zero-order valence-electron chi connectivity index (χ0n) is 9.90. The highest BCUT2D eigenvalue weighted by molar-refractivity contribution is 5.63. The Kier molecular flexibility index (Phi) is 3.40. The van der Waals surface area contributed by atoms with Gasteiger partial charge in [0.05, 0.1) is 0 Å². The molecular weight excluding hydrogens is 192 g/mol. The molecule has 0 heteroatoms. The Morgan fingerprint density at radius 2 is 1.44 bits per heavy atom. The quantitative estimate of drug-likeness (QED) is 0.705. The molecular formula is C16H17. The Hall–Kier alpha value is -1.56. The van der Waals surface area contributed by atoms with Gasteiger partial charge in [-0.25, -0.2) is 0 Å². The third kappa shape index (κ3) is 2.73. The molecule has 0 saturated heterocycles.